The minimum absolute atomic E-state index is 0.0784. The van der Waals surface area contributed by atoms with E-state index < -0.39 is 0 Å². The van der Waals surface area contributed by atoms with Crippen molar-refractivity contribution in [2.45, 2.75) is 36.5 Å². The van der Waals surface area contributed by atoms with Gasteiger partial charge in [-0.25, -0.2) is 0 Å². The summed E-state index contributed by atoms with van der Waals surface area (Å²) < 4.78 is 16.3. The summed E-state index contributed by atoms with van der Waals surface area (Å²) >= 11 is 1.74. The maximum atomic E-state index is 12.7. The Morgan fingerprint density at radius 2 is 1.97 bits per heavy atom. The van der Waals surface area contributed by atoms with Gasteiger partial charge in [-0.15, -0.1) is 11.8 Å². The van der Waals surface area contributed by atoms with E-state index in [1.54, 1.807) is 11.8 Å². The zero-order valence-corrected chi connectivity index (χ0v) is 19.8. The van der Waals surface area contributed by atoms with Crippen molar-refractivity contribution in [1.82, 2.24) is 15.8 Å². The zero-order chi connectivity index (χ0) is 23.2. The van der Waals surface area contributed by atoms with E-state index in [-0.39, 0.29) is 12.7 Å². The number of aromatic nitrogens is 1. The molecule has 2 atom stereocenters. The van der Waals surface area contributed by atoms with Crippen LogP contribution in [0.1, 0.15) is 29.9 Å². The molecular weight excluding hydrogens is 450 g/mol. The molecule has 5 rings (SSSR count). The minimum atomic E-state index is 0.0784. The van der Waals surface area contributed by atoms with Crippen LogP contribution < -0.4 is 20.1 Å². The summed E-state index contributed by atoms with van der Waals surface area (Å²) in [5, 5.41) is 10.8. The van der Waals surface area contributed by atoms with Crippen LogP contribution >= 0.6 is 11.8 Å². The lowest BCUT2D eigenvalue weighted by atomic mass is 9.81. The molecule has 2 N–H and O–H groups in total. The molecule has 0 radical (unpaired) electrons. The Balaban J connectivity index is 1.11. The average molecular weight is 480 g/mol. The van der Waals surface area contributed by atoms with E-state index in [9.17, 15) is 4.79 Å². The molecule has 3 aromatic rings. The average Bonchev–Trinajstić information content (AvgIpc) is 3.52. The maximum Gasteiger partial charge on any atom is 0.231 e. The molecule has 1 aromatic heterocycles. The second-order valence-corrected chi connectivity index (χ2v) is 9.82. The lowest BCUT2D eigenvalue weighted by Crippen LogP contribution is -2.40. The van der Waals surface area contributed by atoms with Gasteiger partial charge in [0.15, 0.2) is 11.5 Å². The highest BCUT2D eigenvalue weighted by Gasteiger charge is 2.28. The van der Waals surface area contributed by atoms with Crippen molar-refractivity contribution in [2.24, 2.45) is 11.8 Å². The highest BCUT2D eigenvalue weighted by Crippen LogP contribution is 2.32. The van der Waals surface area contributed by atoms with Gasteiger partial charge in [0.25, 0.3) is 0 Å². The van der Waals surface area contributed by atoms with Crippen molar-refractivity contribution < 1.29 is 18.8 Å². The molecular formula is C26H29N3O4S. The van der Waals surface area contributed by atoms with Crippen LogP contribution in [0, 0.1) is 11.8 Å². The predicted octanol–water partition coefficient (Wildman–Crippen LogP) is 4.17. The fourth-order valence-corrected chi connectivity index (χ4v) is 5.30. The molecule has 8 heteroatoms. The number of fused-ring (bicyclic) bond motifs is 1. The van der Waals surface area contributed by atoms with Crippen molar-refractivity contribution in [3.05, 3.63) is 71.6 Å². The number of nitrogens with one attached hydrogen (secondary N) is 2. The first-order valence-electron chi connectivity index (χ1n) is 11.7. The first kappa shape index (κ1) is 22.8. The van der Waals surface area contributed by atoms with E-state index in [1.807, 2.05) is 36.4 Å². The van der Waals surface area contributed by atoms with Crippen LogP contribution in [0.25, 0.3) is 0 Å². The second-order valence-electron chi connectivity index (χ2n) is 8.77. The van der Waals surface area contributed by atoms with Crippen LogP contribution in [0.5, 0.6) is 11.5 Å². The lowest BCUT2D eigenvalue weighted by Gasteiger charge is -2.31. The van der Waals surface area contributed by atoms with Gasteiger partial charge in [0.05, 0.1) is 11.4 Å². The monoisotopic (exact) mass is 479 g/mol. The van der Waals surface area contributed by atoms with Crippen LogP contribution in [0.15, 0.2) is 64.0 Å². The summed E-state index contributed by atoms with van der Waals surface area (Å²) in [6.45, 7) is 2.56. The molecule has 34 heavy (non-hydrogen) atoms. The topological polar surface area (TPSA) is 85.6 Å². The molecule has 2 aliphatic heterocycles. The number of rotatable bonds is 9. The summed E-state index contributed by atoms with van der Waals surface area (Å²) in [6.07, 6.45) is 2.31. The summed E-state index contributed by atoms with van der Waals surface area (Å²) in [5.74, 6) is 3.87. The Kier molecular flexibility index (Phi) is 7.36. The molecule has 1 fully saturated rings. The van der Waals surface area contributed by atoms with Gasteiger partial charge in [-0.05, 0) is 67.6 Å². The smallest absolute Gasteiger partial charge is 0.231 e. The Bertz CT molecular complexity index is 1100. The van der Waals surface area contributed by atoms with Crippen LogP contribution in [-0.4, -0.2) is 30.9 Å². The molecule has 1 amide bonds. The van der Waals surface area contributed by atoms with Gasteiger partial charge in [0, 0.05) is 23.9 Å². The lowest BCUT2D eigenvalue weighted by molar-refractivity contribution is -0.122. The van der Waals surface area contributed by atoms with Gasteiger partial charge in [-0.2, -0.15) is 0 Å². The van der Waals surface area contributed by atoms with Crippen LogP contribution in [-0.2, 0) is 23.5 Å². The standard InChI is InChI=1S/C26H29N3O4S/c30-26(28-14-18-6-7-24-25(10-18)32-17-31-24)12-19-8-9-27-15-20(19)11-21-13-22(33-29-21)16-34-23-4-2-1-3-5-23/h1-7,10,13,19-20,27H,8-9,11-12,14-17H2,(H,28,30). The number of piperidine rings is 1. The number of hydrogen-bond donors (Lipinski definition) is 2. The maximum absolute atomic E-state index is 12.7. The van der Waals surface area contributed by atoms with Crippen molar-refractivity contribution in [3.63, 3.8) is 0 Å². The van der Waals surface area contributed by atoms with Crippen molar-refractivity contribution >= 4 is 17.7 Å². The second kappa shape index (κ2) is 11.0. The number of amides is 1. The Morgan fingerprint density at radius 3 is 2.88 bits per heavy atom. The Labute approximate surface area is 203 Å². The van der Waals surface area contributed by atoms with Crippen LogP contribution in [0.2, 0.25) is 0 Å². The molecule has 2 aliphatic rings. The van der Waals surface area contributed by atoms with Gasteiger partial charge in [-0.3, -0.25) is 4.79 Å². The summed E-state index contributed by atoms with van der Waals surface area (Å²) in [6, 6.07) is 18.1. The van der Waals surface area contributed by atoms with E-state index in [1.165, 1.54) is 4.90 Å². The Hall–Kier alpha value is -2.97. The molecule has 1 saturated heterocycles. The highest BCUT2D eigenvalue weighted by molar-refractivity contribution is 7.98. The number of hydrogen-bond acceptors (Lipinski definition) is 7. The molecule has 0 saturated carbocycles. The molecule has 7 nitrogen and oxygen atoms in total. The number of thioether (sulfide) groups is 1. The normalized spacial score (nSPS) is 19.2. The van der Waals surface area contributed by atoms with E-state index in [2.05, 4.69) is 34.0 Å². The number of carbonyl (C=O) groups is 1. The molecule has 2 unspecified atom stereocenters. The quantitative estimate of drug-likeness (QED) is 0.446. The van der Waals surface area contributed by atoms with Gasteiger partial charge in [0.1, 0.15) is 5.76 Å². The van der Waals surface area contributed by atoms with E-state index in [0.717, 1.165) is 60.2 Å². The first-order valence-corrected chi connectivity index (χ1v) is 12.7. The molecule has 178 valence electrons. The van der Waals surface area contributed by atoms with Crippen LogP contribution in [0.4, 0.5) is 0 Å². The third kappa shape index (κ3) is 5.93. The van der Waals surface area contributed by atoms with E-state index in [0.29, 0.717) is 24.8 Å². The highest BCUT2D eigenvalue weighted by atomic mass is 32.2. The molecule has 0 bridgehead atoms. The number of benzene rings is 2. The van der Waals surface area contributed by atoms with Crippen molar-refractivity contribution in [2.75, 3.05) is 19.9 Å². The van der Waals surface area contributed by atoms with Gasteiger partial charge < -0.3 is 24.6 Å². The minimum Gasteiger partial charge on any atom is -0.454 e. The SMILES string of the molecule is O=C(CC1CCNCC1Cc1cc(CSc2ccccc2)on1)NCc1ccc2c(c1)OCO2. The molecule has 3 heterocycles. The summed E-state index contributed by atoms with van der Waals surface area (Å²) in [5.41, 5.74) is 1.96. The summed E-state index contributed by atoms with van der Waals surface area (Å²) in [4.78, 5) is 13.9. The van der Waals surface area contributed by atoms with Crippen molar-refractivity contribution in [1.29, 1.82) is 0 Å². The number of carbonyl (C=O) groups excluding carboxylic acids is 1. The summed E-state index contributed by atoms with van der Waals surface area (Å²) in [7, 11) is 0. The van der Waals surface area contributed by atoms with E-state index >= 15 is 0 Å². The van der Waals surface area contributed by atoms with Gasteiger partial charge in [-0.1, -0.05) is 29.4 Å². The van der Waals surface area contributed by atoms with Gasteiger partial charge in [0.2, 0.25) is 12.7 Å². The van der Waals surface area contributed by atoms with E-state index in [4.69, 9.17) is 14.0 Å². The first-order chi connectivity index (χ1) is 16.7. The largest absolute Gasteiger partial charge is 0.454 e. The number of nitrogens with zero attached hydrogens (tertiary/aromatic N) is 1. The Morgan fingerprint density at radius 1 is 1.09 bits per heavy atom. The molecule has 0 aliphatic carbocycles. The zero-order valence-electron chi connectivity index (χ0n) is 19.0. The molecule has 2 aromatic carbocycles. The third-order valence-corrected chi connectivity index (χ3v) is 7.38. The van der Waals surface area contributed by atoms with Crippen LogP contribution in [0.3, 0.4) is 0 Å². The third-order valence-electron chi connectivity index (χ3n) is 6.34. The predicted molar refractivity (Wildman–Crippen MR) is 130 cm³/mol. The molecule has 0 spiro atoms. The number of ether oxygens (including phenoxy) is 2. The fourth-order valence-electron chi connectivity index (χ4n) is 4.51. The van der Waals surface area contributed by atoms with Crippen molar-refractivity contribution in [3.8, 4) is 11.5 Å². The fraction of sp³-hybridized carbons (Fsp3) is 0.385. The van der Waals surface area contributed by atoms with Gasteiger partial charge >= 0.3 is 0 Å².